The van der Waals surface area contributed by atoms with Gasteiger partial charge < -0.3 is 20.5 Å². The second-order valence-corrected chi connectivity index (χ2v) is 3.12. The Morgan fingerprint density at radius 3 is 2.44 bits per heavy atom. The summed E-state index contributed by atoms with van der Waals surface area (Å²) in [5, 5.41) is 13.7. The molecule has 0 aliphatic heterocycles. The minimum Gasteiger partial charge on any atom is -0.480 e. The van der Waals surface area contributed by atoms with Crippen molar-refractivity contribution in [2.24, 2.45) is 0 Å². The minimum absolute atomic E-state index is 0.0614. The van der Waals surface area contributed by atoms with E-state index in [1.54, 1.807) is 0 Å². The third-order valence-corrected chi connectivity index (χ3v) is 1.76. The summed E-state index contributed by atoms with van der Waals surface area (Å²) in [7, 11) is 1.28. The van der Waals surface area contributed by atoms with Gasteiger partial charge in [-0.15, -0.1) is 0 Å². The van der Waals surface area contributed by atoms with E-state index < -0.39 is 17.9 Å². The van der Waals surface area contributed by atoms with E-state index in [4.69, 9.17) is 5.11 Å². The van der Waals surface area contributed by atoms with Crippen molar-refractivity contribution in [3.63, 3.8) is 0 Å². The molecule has 0 aliphatic carbocycles. The van der Waals surface area contributed by atoms with E-state index in [2.05, 4.69) is 15.4 Å². The van der Waals surface area contributed by atoms with Crippen molar-refractivity contribution in [3.8, 4) is 0 Å². The molecule has 0 aromatic carbocycles. The molecule has 0 spiro atoms. The number of carbonyl (C=O) groups is 3. The summed E-state index contributed by atoms with van der Waals surface area (Å²) in [6.45, 7) is 1.60. The van der Waals surface area contributed by atoms with Gasteiger partial charge in [-0.2, -0.15) is 0 Å². The Morgan fingerprint density at radius 1 is 1.38 bits per heavy atom. The van der Waals surface area contributed by atoms with Crippen LogP contribution in [0.3, 0.4) is 0 Å². The van der Waals surface area contributed by atoms with Gasteiger partial charge in [0.15, 0.2) is 0 Å². The predicted octanol–water partition coefficient (Wildman–Crippen LogP) is -1.27. The lowest BCUT2D eigenvalue weighted by Gasteiger charge is -2.13. The van der Waals surface area contributed by atoms with E-state index in [9.17, 15) is 14.4 Å². The van der Waals surface area contributed by atoms with Gasteiger partial charge in [0.2, 0.25) is 5.91 Å². The largest absolute Gasteiger partial charge is 0.480 e. The molecule has 0 aliphatic rings. The Morgan fingerprint density at radius 2 is 2.00 bits per heavy atom. The highest BCUT2D eigenvalue weighted by atomic mass is 16.5. The van der Waals surface area contributed by atoms with Crippen molar-refractivity contribution >= 4 is 17.8 Å². The lowest BCUT2D eigenvalue weighted by atomic mass is 10.3. The normalized spacial score (nSPS) is 11.6. The number of carbonyl (C=O) groups excluding carboxylic acids is 2. The summed E-state index contributed by atoms with van der Waals surface area (Å²) < 4.78 is 4.40. The molecule has 0 bridgehead atoms. The molecule has 7 heteroatoms. The molecule has 0 rings (SSSR count). The Balaban J connectivity index is 3.81. The first kappa shape index (κ1) is 14.4. The van der Waals surface area contributed by atoms with Crippen LogP contribution in [0.4, 0.5) is 0 Å². The summed E-state index contributed by atoms with van der Waals surface area (Å²) in [6, 6.07) is -0.991. The van der Waals surface area contributed by atoms with Crippen molar-refractivity contribution in [1.82, 2.24) is 10.6 Å². The first-order valence-corrected chi connectivity index (χ1v) is 4.74. The molecular weight excluding hydrogens is 216 g/mol. The van der Waals surface area contributed by atoms with Crippen LogP contribution >= 0.6 is 0 Å². The molecule has 0 aromatic heterocycles. The van der Waals surface area contributed by atoms with E-state index in [0.717, 1.165) is 0 Å². The molecule has 16 heavy (non-hydrogen) atoms. The zero-order chi connectivity index (χ0) is 12.6. The Bertz CT molecular complexity index is 267. The van der Waals surface area contributed by atoms with Crippen LogP contribution in [0.2, 0.25) is 0 Å². The number of amides is 1. The van der Waals surface area contributed by atoms with Crippen LogP contribution in [0.25, 0.3) is 0 Å². The van der Waals surface area contributed by atoms with E-state index >= 15 is 0 Å². The van der Waals surface area contributed by atoms with Crippen LogP contribution in [0.1, 0.15) is 13.3 Å². The zero-order valence-corrected chi connectivity index (χ0v) is 9.28. The van der Waals surface area contributed by atoms with Crippen LogP contribution in [0.15, 0.2) is 0 Å². The van der Waals surface area contributed by atoms with Crippen molar-refractivity contribution in [2.75, 3.05) is 20.2 Å². The molecule has 0 saturated heterocycles. The Labute approximate surface area is 93.2 Å². The van der Waals surface area contributed by atoms with E-state index in [-0.39, 0.29) is 18.9 Å². The van der Waals surface area contributed by atoms with Gasteiger partial charge in [0.1, 0.15) is 6.04 Å². The van der Waals surface area contributed by atoms with Crippen molar-refractivity contribution in [1.29, 1.82) is 0 Å². The fraction of sp³-hybridized carbons (Fsp3) is 0.667. The number of hydrogen-bond acceptors (Lipinski definition) is 5. The number of rotatable bonds is 7. The molecule has 0 saturated carbocycles. The van der Waals surface area contributed by atoms with E-state index in [0.29, 0.717) is 6.54 Å². The zero-order valence-electron chi connectivity index (χ0n) is 9.28. The first-order valence-electron chi connectivity index (χ1n) is 4.74. The molecule has 3 N–H and O–H groups in total. The van der Waals surface area contributed by atoms with Crippen LogP contribution in [-0.2, 0) is 19.1 Å². The maximum atomic E-state index is 10.7. The van der Waals surface area contributed by atoms with E-state index in [1.807, 2.05) is 0 Å². The third kappa shape index (κ3) is 6.77. The van der Waals surface area contributed by atoms with Gasteiger partial charge in [0.05, 0.1) is 13.5 Å². The quantitative estimate of drug-likeness (QED) is 0.373. The molecule has 0 fully saturated rings. The fourth-order valence-electron chi connectivity index (χ4n) is 0.984. The van der Waals surface area contributed by atoms with Gasteiger partial charge in [-0.25, -0.2) is 4.79 Å². The monoisotopic (exact) mass is 232 g/mol. The lowest BCUT2D eigenvalue weighted by Crippen LogP contribution is -2.46. The number of carboxylic acid groups (broad SMARTS) is 1. The molecule has 7 nitrogen and oxygen atoms in total. The van der Waals surface area contributed by atoms with Gasteiger partial charge in [0.25, 0.3) is 0 Å². The van der Waals surface area contributed by atoms with Gasteiger partial charge in [-0.3, -0.25) is 9.59 Å². The minimum atomic E-state index is -1.12. The number of hydrogen-bond donors (Lipinski definition) is 3. The van der Waals surface area contributed by atoms with Gasteiger partial charge >= 0.3 is 11.9 Å². The molecule has 0 radical (unpaired) electrons. The highest BCUT2D eigenvalue weighted by Crippen LogP contribution is 1.85. The summed E-state index contributed by atoms with van der Waals surface area (Å²) in [5.74, 6) is -1.91. The van der Waals surface area contributed by atoms with Gasteiger partial charge in [-0.05, 0) is 0 Å². The third-order valence-electron chi connectivity index (χ3n) is 1.76. The molecule has 1 unspecified atom stereocenters. The summed E-state index contributed by atoms with van der Waals surface area (Å²) in [6.07, 6.45) is 0.156. The Hall–Kier alpha value is -1.63. The number of nitrogens with one attached hydrogen (secondary N) is 2. The highest BCUT2D eigenvalue weighted by Gasteiger charge is 2.17. The first-order chi connectivity index (χ1) is 7.47. The second kappa shape index (κ2) is 7.63. The molecule has 92 valence electrons. The molecule has 1 atom stereocenters. The standard InChI is InChI=1S/C9H16N2O5/c1-6(12)11-7(9(14)15)5-10-4-3-8(13)16-2/h7,10H,3-5H2,1-2H3,(H,11,12)(H,14,15). The topological polar surface area (TPSA) is 105 Å². The average molecular weight is 232 g/mol. The maximum absolute atomic E-state index is 10.7. The molecule has 0 heterocycles. The number of ether oxygens (including phenoxy) is 1. The van der Waals surface area contributed by atoms with Crippen LogP contribution in [-0.4, -0.2) is 49.2 Å². The molecule has 0 aromatic rings. The second-order valence-electron chi connectivity index (χ2n) is 3.12. The number of esters is 1. The van der Waals surface area contributed by atoms with Gasteiger partial charge in [-0.1, -0.05) is 0 Å². The van der Waals surface area contributed by atoms with Crippen LogP contribution in [0, 0.1) is 0 Å². The molecule has 1 amide bonds. The van der Waals surface area contributed by atoms with Crippen molar-refractivity contribution in [2.45, 2.75) is 19.4 Å². The smallest absolute Gasteiger partial charge is 0.327 e. The fourth-order valence-corrected chi connectivity index (χ4v) is 0.984. The number of aliphatic carboxylic acids is 1. The van der Waals surface area contributed by atoms with Gasteiger partial charge in [0, 0.05) is 20.0 Å². The number of carboxylic acids is 1. The van der Waals surface area contributed by atoms with Crippen LogP contribution in [0.5, 0.6) is 0 Å². The van der Waals surface area contributed by atoms with E-state index in [1.165, 1.54) is 14.0 Å². The lowest BCUT2D eigenvalue weighted by molar-refractivity contribution is -0.141. The maximum Gasteiger partial charge on any atom is 0.327 e. The van der Waals surface area contributed by atoms with Crippen LogP contribution < -0.4 is 10.6 Å². The molecular formula is C9H16N2O5. The van der Waals surface area contributed by atoms with Crippen molar-refractivity contribution < 1.29 is 24.2 Å². The van der Waals surface area contributed by atoms with Crippen molar-refractivity contribution in [3.05, 3.63) is 0 Å². The SMILES string of the molecule is COC(=O)CCNCC(NC(C)=O)C(=O)O. The predicted molar refractivity (Wildman–Crippen MR) is 54.7 cm³/mol. The summed E-state index contributed by atoms with van der Waals surface area (Å²) in [5.41, 5.74) is 0. The number of methoxy groups -OCH3 is 1. The highest BCUT2D eigenvalue weighted by molar-refractivity contribution is 5.82. The Kier molecular flexibility index (Phi) is 6.86. The summed E-state index contributed by atoms with van der Waals surface area (Å²) in [4.78, 5) is 32.1. The average Bonchev–Trinajstić information content (AvgIpc) is 2.21. The summed E-state index contributed by atoms with van der Waals surface area (Å²) >= 11 is 0.